The molecule has 2 aromatic heterocycles. The van der Waals surface area contributed by atoms with Crippen LogP contribution in [0.15, 0.2) is 59.8 Å². The second-order valence-corrected chi connectivity index (χ2v) is 8.36. The van der Waals surface area contributed by atoms with Gasteiger partial charge in [0.1, 0.15) is 0 Å². The van der Waals surface area contributed by atoms with Crippen LogP contribution >= 0.6 is 11.8 Å². The van der Waals surface area contributed by atoms with E-state index in [2.05, 4.69) is 28.5 Å². The minimum Gasteiger partial charge on any atom is -0.339 e. The summed E-state index contributed by atoms with van der Waals surface area (Å²) in [5.41, 5.74) is 4.06. The van der Waals surface area contributed by atoms with Crippen molar-refractivity contribution in [3.05, 3.63) is 65.7 Å². The van der Waals surface area contributed by atoms with E-state index < -0.39 is 0 Å². The standard InChI is InChI=1S/C24H25N5O2S/c1-4-28(5-2)23(31)17-9-8-10-18(14-17)25-22(30)15-32-24-27-26-21-13-16(3)19-11-6-7-12-20(19)29(21)24/h6-14H,4-5,15H2,1-3H3,(H,25,30). The topological polar surface area (TPSA) is 79.6 Å². The summed E-state index contributed by atoms with van der Waals surface area (Å²) in [7, 11) is 0. The summed E-state index contributed by atoms with van der Waals surface area (Å²) in [6, 6.07) is 17.1. The molecule has 2 heterocycles. The molecule has 0 atom stereocenters. The molecule has 0 saturated heterocycles. The SMILES string of the molecule is CCN(CC)C(=O)c1cccc(NC(=O)CSc2nnc3cc(C)c4ccccc4n23)c1. The predicted octanol–water partition coefficient (Wildman–Crippen LogP) is 4.40. The Morgan fingerprint density at radius 1 is 1.03 bits per heavy atom. The first-order chi connectivity index (χ1) is 15.5. The van der Waals surface area contributed by atoms with Gasteiger partial charge in [-0.2, -0.15) is 0 Å². The van der Waals surface area contributed by atoms with Gasteiger partial charge < -0.3 is 10.2 Å². The number of thioether (sulfide) groups is 1. The fraction of sp³-hybridized carbons (Fsp3) is 0.250. The number of aryl methyl sites for hydroxylation is 1. The largest absolute Gasteiger partial charge is 0.339 e. The van der Waals surface area contributed by atoms with Gasteiger partial charge in [-0.05, 0) is 56.7 Å². The number of benzene rings is 2. The number of carbonyl (C=O) groups is 2. The van der Waals surface area contributed by atoms with E-state index in [0.717, 1.165) is 22.1 Å². The number of para-hydroxylation sites is 1. The molecule has 0 unspecified atom stereocenters. The van der Waals surface area contributed by atoms with Crippen LogP contribution in [0.25, 0.3) is 16.6 Å². The van der Waals surface area contributed by atoms with Crippen molar-refractivity contribution >= 4 is 45.8 Å². The van der Waals surface area contributed by atoms with Gasteiger partial charge >= 0.3 is 0 Å². The first-order valence-corrected chi connectivity index (χ1v) is 11.6. The Bertz CT molecular complexity index is 1300. The number of hydrogen-bond donors (Lipinski definition) is 1. The van der Waals surface area contributed by atoms with Gasteiger partial charge in [0.25, 0.3) is 5.91 Å². The maximum Gasteiger partial charge on any atom is 0.253 e. The first kappa shape index (κ1) is 21.8. The molecular weight excluding hydrogens is 422 g/mol. The first-order valence-electron chi connectivity index (χ1n) is 10.6. The minimum atomic E-state index is -0.171. The fourth-order valence-corrected chi connectivity index (χ4v) is 4.47. The molecule has 8 heteroatoms. The van der Waals surface area contributed by atoms with Gasteiger partial charge in [-0.15, -0.1) is 10.2 Å². The molecule has 0 aliphatic rings. The van der Waals surface area contributed by atoms with Crippen molar-refractivity contribution in [3.63, 3.8) is 0 Å². The zero-order valence-corrected chi connectivity index (χ0v) is 19.1. The number of fused-ring (bicyclic) bond motifs is 3. The van der Waals surface area contributed by atoms with Crippen LogP contribution in [0.3, 0.4) is 0 Å². The van der Waals surface area contributed by atoms with Gasteiger partial charge in [0.15, 0.2) is 10.8 Å². The van der Waals surface area contributed by atoms with E-state index in [-0.39, 0.29) is 17.6 Å². The van der Waals surface area contributed by atoms with E-state index in [9.17, 15) is 9.59 Å². The lowest BCUT2D eigenvalue weighted by Crippen LogP contribution is -2.30. The van der Waals surface area contributed by atoms with Crippen molar-refractivity contribution in [2.75, 3.05) is 24.2 Å². The molecule has 32 heavy (non-hydrogen) atoms. The number of nitrogens with one attached hydrogen (secondary N) is 1. The predicted molar refractivity (Wildman–Crippen MR) is 128 cm³/mol. The normalized spacial score (nSPS) is 11.1. The van der Waals surface area contributed by atoms with Crippen LogP contribution in [0.4, 0.5) is 5.69 Å². The monoisotopic (exact) mass is 447 g/mol. The third-order valence-electron chi connectivity index (χ3n) is 5.35. The Morgan fingerprint density at radius 2 is 1.81 bits per heavy atom. The highest BCUT2D eigenvalue weighted by Gasteiger charge is 2.15. The van der Waals surface area contributed by atoms with Crippen LogP contribution in [0, 0.1) is 6.92 Å². The van der Waals surface area contributed by atoms with Crippen LogP contribution in [0.2, 0.25) is 0 Å². The van der Waals surface area contributed by atoms with E-state index in [1.807, 2.05) is 42.5 Å². The molecule has 0 radical (unpaired) electrons. The van der Waals surface area contributed by atoms with Crippen molar-refractivity contribution in [3.8, 4) is 0 Å². The highest BCUT2D eigenvalue weighted by Crippen LogP contribution is 2.25. The van der Waals surface area contributed by atoms with Crippen LogP contribution < -0.4 is 5.32 Å². The molecule has 7 nitrogen and oxygen atoms in total. The zero-order chi connectivity index (χ0) is 22.7. The van der Waals surface area contributed by atoms with Crippen molar-refractivity contribution in [2.24, 2.45) is 0 Å². The molecule has 0 bridgehead atoms. The maximum absolute atomic E-state index is 12.6. The molecule has 4 aromatic rings. The lowest BCUT2D eigenvalue weighted by atomic mass is 10.1. The summed E-state index contributed by atoms with van der Waals surface area (Å²) in [5.74, 6) is -0.0369. The second-order valence-electron chi connectivity index (χ2n) is 7.42. The average Bonchev–Trinajstić information content (AvgIpc) is 3.21. The van der Waals surface area contributed by atoms with Crippen LogP contribution in [0.1, 0.15) is 29.8 Å². The summed E-state index contributed by atoms with van der Waals surface area (Å²) in [6.07, 6.45) is 0. The Balaban J connectivity index is 1.48. The molecule has 0 spiro atoms. The average molecular weight is 448 g/mol. The van der Waals surface area contributed by atoms with Crippen LogP contribution in [-0.4, -0.2) is 50.2 Å². The van der Waals surface area contributed by atoms with Gasteiger partial charge in [0.2, 0.25) is 5.91 Å². The lowest BCUT2D eigenvalue weighted by molar-refractivity contribution is -0.113. The number of anilines is 1. The Morgan fingerprint density at radius 3 is 2.59 bits per heavy atom. The molecule has 0 saturated carbocycles. The third kappa shape index (κ3) is 4.31. The van der Waals surface area contributed by atoms with E-state index in [0.29, 0.717) is 29.5 Å². The Kier molecular flexibility index (Phi) is 6.41. The van der Waals surface area contributed by atoms with Crippen molar-refractivity contribution < 1.29 is 9.59 Å². The molecule has 0 aliphatic carbocycles. The number of rotatable bonds is 7. The number of carbonyl (C=O) groups excluding carboxylic acids is 2. The van der Waals surface area contributed by atoms with Crippen LogP contribution in [-0.2, 0) is 4.79 Å². The molecule has 2 aromatic carbocycles. The maximum atomic E-state index is 12.6. The highest BCUT2D eigenvalue weighted by molar-refractivity contribution is 7.99. The van der Waals surface area contributed by atoms with E-state index in [4.69, 9.17) is 0 Å². The van der Waals surface area contributed by atoms with E-state index in [1.165, 1.54) is 11.8 Å². The van der Waals surface area contributed by atoms with Crippen molar-refractivity contribution in [2.45, 2.75) is 25.9 Å². The van der Waals surface area contributed by atoms with Gasteiger partial charge in [0.05, 0.1) is 11.3 Å². The summed E-state index contributed by atoms with van der Waals surface area (Å²) in [4.78, 5) is 26.9. The molecular formula is C24H25N5O2S. The Labute approximate surface area is 190 Å². The number of hydrogen-bond acceptors (Lipinski definition) is 5. The molecule has 4 rings (SSSR count). The third-order valence-corrected chi connectivity index (χ3v) is 6.28. The smallest absolute Gasteiger partial charge is 0.253 e. The quantitative estimate of drug-likeness (QED) is 0.425. The summed E-state index contributed by atoms with van der Waals surface area (Å²) in [5, 5.41) is 13.2. The van der Waals surface area contributed by atoms with Crippen LogP contribution in [0.5, 0.6) is 0 Å². The highest BCUT2D eigenvalue weighted by atomic mass is 32.2. The van der Waals surface area contributed by atoms with Gasteiger partial charge in [-0.1, -0.05) is 36.0 Å². The van der Waals surface area contributed by atoms with Gasteiger partial charge in [-0.25, -0.2) is 0 Å². The lowest BCUT2D eigenvalue weighted by Gasteiger charge is -2.19. The molecule has 0 aliphatic heterocycles. The van der Waals surface area contributed by atoms with Gasteiger partial charge in [0, 0.05) is 29.7 Å². The summed E-state index contributed by atoms with van der Waals surface area (Å²) >= 11 is 1.33. The second kappa shape index (κ2) is 9.40. The van der Waals surface area contributed by atoms with Crippen molar-refractivity contribution in [1.29, 1.82) is 0 Å². The van der Waals surface area contributed by atoms with Crippen molar-refractivity contribution in [1.82, 2.24) is 19.5 Å². The summed E-state index contributed by atoms with van der Waals surface area (Å²) in [6.45, 7) is 7.23. The number of nitrogens with zero attached hydrogens (tertiary/aromatic N) is 4. The minimum absolute atomic E-state index is 0.0439. The number of aromatic nitrogens is 3. The Hall–Kier alpha value is -3.39. The summed E-state index contributed by atoms with van der Waals surface area (Å²) < 4.78 is 1.98. The van der Waals surface area contributed by atoms with Gasteiger partial charge in [-0.3, -0.25) is 14.0 Å². The van der Waals surface area contributed by atoms with E-state index >= 15 is 0 Å². The molecule has 1 N–H and O–H groups in total. The van der Waals surface area contributed by atoms with E-state index in [1.54, 1.807) is 29.2 Å². The fourth-order valence-electron chi connectivity index (χ4n) is 3.72. The number of amides is 2. The molecule has 0 fully saturated rings. The molecule has 164 valence electrons. The zero-order valence-electron chi connectivity index (χ0n) is 18.3. The molecule has 2 amide bonds. The number of pyridine rings is 1.